The fraction of sp³-hybridized carbons (Fsp3) is 0.529. The lowest BCUT2D eigenvalue weighted by Crippen LogP contribution is -2.44. The summed E-state index contributed by atoms with van der Waals surface area (Å²) in [5.74, 6) is -0.830. The number of nitrogens with zero attached hydrogens (tertiary/aromatic N) is 1. The zero-order valence-corrected chi connectivity index (χ0v) is 13.1. The lowest BCUT2D eigenvalue weighted by Gasteiger charge is -2.27. The largest absolute Gasteiger partial charge is 0.368 e. The number of alkyl halides is 1. The summed E-state index contributed by atoms with van der Waals surface area (Å²) in [6.07, 6.45) is -0.236. The van der Waals surface area contributed by atoms with Gasteiger partial charge in [0.25, 0.3) is 0 Å². The fourth-order valence-electron chi connectivity index (χ4n) is 2.93. The molecule has 4 nitrogen and oxygen atoms in total. The van der Waals surface area contributed by atoms with Gasteiger partial charge in [-0.25, -0.2) is 4.39 Å². The van der Waals surface area contributed by atoms with Crippen LogP contribution in [0.15, 0.2) is 30.3 Å². The quantitative estimate of drug-likeness (QED) is 0.906. The zero-order chi connectivity index (χ0) is 16.3. The lowest BCUT2D eigenvalue weighted by atomic mass is 9.80. The van der Waals surface area contributed by atoms with Crippen molar-refractivity contribution in [2.75, 3.05) is 6.54 Å². The summed E-state index contributed by atoms with van der Waals surface area (Å²) in [7, 11) is 0. The molecule has 1 fully saturated rings. The average Bonchev–Trinajstić information content (AvgIpc) is 2.88. The molecule has 1 aromatic carbocycles. The van der Waals surface area contributed by atoms with E-state index in [4.69, 9.17) is 5.73 Å². The molecule has 0 unspecified atom stereocenters. The predicted octanol–water partition coefficient (Wildman–Crippen LogP) is 2.17. The molecule has 22 heavy (non-hydrogen) atoms. The maximum Gasteiger partial charge on any atom is 0.240 e. The fourth-order valence-corrected chi connectivity index (χ4v) is 2.93. The molecular weight excluding hydrogens is 283 g/mol. The minimum absolute atomic E-state index is 0.0170. The van der Waals surface area contributed by atoms with E-state index < -0.39 is 18.1 Å². The Bertz CT molecular complexity index is 545. The highest BCUT2D eigenvalue weighted by molar-refractivity contribution is 5.87. The summed E-state index contributed by atoms with van der Waals surface area (Å²) in [6, 6.07) is 9.15. The van der Waals surface area contributed by atoms with E-state index in [-0.39, 0.29) is 30.7 Å². The van der Waals surface area contributed by atoms with Gasteiger partial charge in [-0.3, -0.25) is 9.59 Å². The van der Waals surface area contributed by atoms with Crippen LogP contribution in [0.25, 0.3) is 0 Å². The summed E-state index contributed by atoms with van der Waals surface area (Å²) in [4.78, 5) is 25.0. The van der Waals surface area contributed by atoms with Crippen LogP contribution in [-0.2, 0) is 15.0 Å². The van der Waals surface area contributed by atoms with E-state index >= 15 is 0 Å². The first kappa shape index (κ1) is 16.5. The number of nitrogens with two attached hydrogens (primary N) is 1. The van der Waals surface area contributed by atoms with Gasteiger partial charge in [0.1, 0.15) is 12.2 Å². The second-order valence-corrected chi connectivity index (χ2v) is 6.55. The van der Waals surface area contributed by atoms with Gasteiger partial charge in [-0.2, -0.15) is 0 Å². The standard InChI is InChI=1S/C17H23FN2O2/c1-17(2,12-6-4-3-5-7-12)9-8-15(21)20-11-13(18)10-14(20)16(19)22/h3-7,13-14H,8-11H2,1-2H3,(H2,19,22)/t13-,14+/m1/s1. The molecule has 1 heterocycles. The van der Waals surface area contributed by atoms with Gasteiger partial charge in [-0.1, -0.05) is 44.2 Å². The number of primary amides is 1. The third kappa shape index (κ3) is 3.64. The van der Waals surface area contributed by atoms with Gasteiger partial charge in [-0.05, 0) is 17.4 Å². The topological polar surface area (TPSA) is 63.4 Å². The first-order valence-corrected chi connectivity index (χ1v) is 7.59. The number of amides is 2. The van der Waals surface area contributed by atoms with Gasteiger partial charge >= 0.3 is 0 Å². The van der Waals surface area contributed by atoms with Crippen molar-refractivity contribution in [1.29, 1.82) is 0 Å². The lowest BCUT2D eigenvalue weighted by molar-refractivity contribution is -0.137. The molecule has 120 valence electrons. The number of halogens is 1. The maximum atomic E-state index is 13.5. The van der Waals surface area contributed by atoms with E-state index in [2.05, 4.69) is 13.8 Å². The van der Waals surface area contributed by atoms with Crippen LogP contribution in [0.3, 0.4) is 0 Å². The molecule has 0 aromatic heterocycles. The number of carbonyl (C=O) groups excluding carboxylic acids is 2. The average molecular weight is 306 g/mol. The van der Waals surface area contributed by atoms with Crippen LogP contribution < -0.4 is 5.73 Å². The Labute approximate surface area is 130 Å². The summed E-state index contributed by atoms with van der Waals surface area (Å²) >= 11 is 0. The molecule has 0 radical (unpaired) electrons. The third-order valence-corrected chi connectivity index (χ3v) is 4.42. The normalized spacial score (nSPS) is 21.9. The Morgan fingerprint density at radius 2 is 1.95 bits per heavy atom. The number of carbonyl (C=O) groups is 2. The van der Waals surface area contributed by atoms with Crippen molar-refractivity contribution in [3.63, 3.8) is 0 Å². The summed E-state index contributed by atoms with van der Waals surface area (Å²) in [5, 5.41) is 0. The van der Waals surface area contributed by atoms with E-state index in [0.717, 1.165) is 5.56 Å². The van der Waals surface area contributed by atoms with E-state index in [0.29, 0.717) is 6.42 Å². The first-order chi connectivity index (χ1) is 10.3. The zero-order valence-electron chi connectivity index (χ0n) is 13.1. The molecule has 0 saturated carbocycles. The second kappa shape index (κ2) is 6.46. The number of benzene rings is 1. The van der Waals surface area contributed by atoms with E-state index in [9.17, 15) is 14.0 Å². The minimum Gasteiger partial charge on any atom is -0.368 e. The van der Waals surface area contributed by atoms with Crippen molar-refractivity contribution in [1.82, 2.24) is 4.90 Å². The molecule has 5 heteroatoms. The minimum atomic E-state index is -1.16. The van der Waals surface area contributed by atoms with Crippen LogP contribution in [0.5, 0.6) is 0 Å². The summed E-state index contributed by atoms with van der Waals surface area (Å²) in [5.41, 5.74) is 6.25. The van der Waals surface area contributed by atoms with Crippen LogP contribution in [-0.4, -0.2) is 35.5 Å². The molecule has 1 aromatic rings. The van der Waals surface area contributed by atoms with Crippen LogP contribution in [0.1, 0.15) is 38.7 Å². The van der Waals surface area contributed by atoms with E-state index in [1.54, 1.807) is 0 Å². The van der Waals surface area contributed by atoms with E-state index in [1.165, 1.54) is 4.90 Å². The maximum absolute atomic E-state index is 13.5. The Morgan fingerprint density at radius 3 is 2.55 bits per heavy atom. The summed E-state index contributed by atoms with van der Waals surface area (Å²) in [6.45, 7) is 4.12. The van der Waals surface area contributed by atoms with Crippen molar-refractivity contribution in [3.05, 3.63) is 35.9 Å². The molecule has 2 atom stereocenters. The number of likely N-dealkylation sites (tertiary alicyclic amines) is 1. The van der Waals surface area contributed by atoms with Gasteiger partial charge in [0.2, 0.25) is 11.8 Å². The van der Waals surface area contributed by atoms with Crippen LogP contribution >= 0.6 is 0 Å². The van der Waals surface area contributed by atoms with Crippen LogP contribution in [0.2, 0.25) is 0 Å². The highest BCUT2D eigenvalue weighted by Gasteiger charge is 2.38. The van der Waals surface area contributed by atoms with Crippen molar-refractivity contribution in [2.24, 2.45) is 5.73 Å². The first-order valence-electron chi connectivity index (χ1n) is 7.59. The highest BCUT2D eigenvalue weighted by atomic mass is 19.1. The molecule has 2 amide bonds. The SMILES string of the molecule is CC(C)(CCC(=O)N1C[C@H](F)C[C@H]1C(N)=O)c1ccccc1. The molecular formula is C17H23FN2O2. The number of hydrogen-bond acceptors (Lipinski definition) is 2. The second-order valence-electron chi connectivity index (χ2n) is 6.55. The molecule has 1 saturated heterocycles. The third-order valence-electron chi connectivity index (χ3n) is 4.42. The Morgan fingerprint density at radius 1 is 1.32 bits per heavy atom. The van der Waals surface area contributed by atoms with Gasteiger partial charge in [-0.15, -0.1) is 0 Å². The van der Waals surface area contributed by atoms with Crippen LogP contribution in [0.4, 0.5) is 4.39 Å². The molecule has 2 rings (SSSR count). The van der Waals surface area contributed by atoms with Crippen molar-refractivity contribution < 1.29 is 14.0 Å². The summed E-state index contributed by atoms with van der Waals surface area (Å²) < 4.78 is 13.5. The van der Waals surface area contributed by atoms with Crippen molar-refractivity contribution in [3.8, 4) is 0 Å². The monoisotopic (exact) mass is 306 g/mol. The van der Waals surface area contributed by atoms with Crippen molar-refractivity contribution >= 4 is 11.8 Å². The highest BCUT2D eigenvalue weighted by Crippen LogP contribution is 2.29. The Hall–Kier alpha value is -1.91. The number of rotatable bonds is 5. The predicted molar refractivity (Wildman–Crippen MR) is 82.9 cm³/mol. The Balaban J connectivity index is 1.99. The molecule has 0 bridgehead atoms. The molecule has 0 aliphatic carbocycles. The van der Waals surface area contributed by atoms with Gasteiger partial charge in [0, 0.05) is 12.8 Å². The molecule has 2 N–H and O–H groups in total. The van der Waals surface area contributed by atoms with Gasteiger partial charge in [0.05, 0.1) is 6.54 Å². The smallest absolute Gasteiger partial charge is 0.240 e. The molecule has 1 aliphatic rings. The van der Waals surface area contributed by atoms with Gasteiger partial charge in [0.15, 0.2) is 0 Å². The van der Waals surface area contributed by atoms with Crippen LogP contribution in [0, 0.1) is 0 Å². The van der Waals surface area contributed by atoms with Crippen molar-refractivity contribution in [2.45, 2.75) is 50.7 Å². The van der Waals surface area contributed by atoms with E-state index in [1.807, 2.05) is 30.3 Å². The molecule has 1 aliphatic heterocycles. The number of hydrogen-bond donors (Lipinski definition) is 1. The molecule has 0 spiro atoms. The van der Waals surface area contributed by atoms with Gasteiger partial charge < -0.3 is 10.6 Å². The Kier molecular flexibility index (Phi) is 4.84.